The van der Waals surface area contributed by atoms with Crippen molar-refractivity contribution in [1.29, 1.82) is 0 Å². The number of halogens is 2. The lowest BCUT2D eigenvalue weighted by molar-refractivity contribution is 0.0607. The number of benzene rings is 1. The molecule has 4 atom stereocenters. The third-order valence-corrected chi connectivity index (χ3v) is 7.37. The average Bonchev–Trinajstić information content (AvgIpc) is 2.84. The number of alkyl halides is 1. The number of hydrogen-bond donors (Lipinski definition) is 2. The molecule has 2 saturated heterocycles. The van der Waals surface area contributed by atoms with Crippen molar-refractivity contribution in [2.75, 3.05) is 11.9 Å². The van der Waals surface area contributed by atoms with Crippen molar-refractivity contribution < 1.29 is 13.9 Å². The van der Waals surface area contributed by atoms with Crippen LogP contribution in [0.25, 0.3) is 22.5 Å². The van der Waals surface area contributed by atoms with E-state index in [4.69, 9.17) is 0 Å². The van der Waals surface area contributed by atoms with Crippen molar-refractivity contribution in [3.63, 3.8) is 0 Å². The number of hydrogen-bond acceptors (Lipinski definition) is 7. The van der Waals surface area contributed by atoms with Gasteiger partial charge in [0.05, 0.1) is 17.8 Å². The van der Waals surface area contributed by atoms with Gasteiger partial charge in [0.2, 0.25) is 0 Å². The van der Waals surface area contributed by atoms with E-state index in [1.165, 1.54) is 31.4 Å². The zero-order valence-corrected chi connectivity index (χ0v) is 19.9. The maximum absolute atomic E-state index is 15.2. The molecule has 0 spiro atoms. The van der Waals surface area contributed by atoms with Crippen LogP contribution in [0.15, 0.2) is 41.3 Å². The number of aromatic hydroxyl groups is 1. The monoisotopic (exact) mass is 482 g/mol. The lowest BCUT2D eigenvalue weighted by atomic mass is 9.74. The number of phenolic OH excluding ortho intramolecular Hbond substituents is 1. The number of nitrogens with one attached hydrogen (secondary N) is 1. The Morgan fingerprint density at radius 1 is 1.23 bits per heavy atom. The van der Waals surface area contributed by atoms with Crippen LogP contribution in [0.4, 0.5) is 14.6 Å². The highest BCUT2D eigenvalue weighted by Gasteiger charge is 2.47. The summed E-state index contributed by atoms with van der Waals surface area (Å²) in [5.74, 6) is -0.149. The van der Waals surface area contributed by atoms with Crippen molar-refractivity contribution in [2.45, 2.75) is 56.4 Å². The molecule has 35 heavy (non-hydrogen) atoms. The second-order valence-electron chi connectivity index (χ2n) is 9.87. The fourth-order valence-electron chi connectivity index (χ4n) is 5.29. The van der Waals surface area contributed by atoms with Gasteiger partial charge in [0.25, 0.3) is 5.56 Å². The molecule has 2 aliphatic rings. The molecule has 2 aromatic heterocycles. The summed E-state index contributed by atoms with van der Waals surface area (Å²) in [7, 11) is 3.15. The Balaban J connectivity index is 1.37. The summed E-state index contributed by atoms with van der Waals surface area (Å²) >= 11 is 0. The molecule has 10 heteroatoms. The first-order valence-corrected chi connectivity index (χ1v) is 11.7. The van der Waals surface area contributed by atoms with Crippen molar-refractivity contribution in [3.05, 3.63) is 52.8 Å². The number of pyridine rings is 1. The largest absolute Gasteiger partial charge is 0.507 e. The van der Waals surface area contributed by atoms with E-state index in [2.05, 4.69) is 27.4 Å². The molecular formula is C25H28F2N6O2. The summed E-state index contributed by atoms with van der Waals surface area (Å²) in [5, 5.41) is 22.5. The Morgan fingerprint density at radius 2 is 2.03 bits per heavy atom. The number of aromatic nitrogens is 4. The quantitative estimate of drug-likeness (QED) is 0.552. The predicted octanol–water partition coefficient (Wildman–Crippen LogP) is 3.20. The third kappa shape index (κ3) is 4.27. The molecular weight excluding hydrogens is 454 g/mol. The summed E-state index contributed by atoms with van der Waals surface area (Å²) in [6, 6.07) is 6.69. The van der Waals surface area contributed by atoms with Crippen LogP contribution in [-0.4, -0.2) is 55.7 Å². The van der Waals surface area contributed by atoms with Gasteiger partial charge in [-0.25, -0.2) is 9.37 Å². The van der Waals surface area contributed by atoms with E-state index in [0.717, 1.165) is 23.8 Å². The highest BCUT2D eigenvalue weighted by Crippen LogP contribution is 2.38. The fraction of sp³-hybridized carbons (Fsp3) is 0.440. The van der Waals surface area contributed by atoms with Crippen molar-refractivity contribution in [2.24, 2.45) is 7.05 Å². The third-order valence-electron chi connectivity index (χ3n) is 7.37. The molecule has 0 saturated carbocycles. The molecule has 3 aromatic rings. The van der Waals surface area contributed by atoms with Gasteiger partial charge in [-0.1, -0.05) is 6.07 Å². The molecule has 0 radical (unpaired) electrons. The van der Waals surface area contributed by atoms with E-state index in [0.29, 0.717) is 28.9 Å². The van der Waals surface area contributed by atoms with Gasteiger partial charge < -0.3 is 15.3 Å². The molecule has 0 aliphatic carbocycles. The molecule has 8 nitrogen and oxygen atoms in total. The molecule has 1 aromatic carbocycles. The van der Waals surface area contributed by atoms with Gasteiger partial charge in [-0.15, -0.1) is 10.2 Å². The van der Waals surface area contributed by atoms with E-state index in [-0.39, 0.29) is 29.2 Å². The van der Waals surface area contributed by atoms with Gasteiger partial charge in [-0.05, 0) is 61.9 Å². The minimum atomic E-state index is -1.02. The topological polar surface area (TPSA) is 96.2 Å². The smallest absolute Gasteiger partial charge is 0.253 e. The van der Waals surface area contributed by atoms with Gasteiger partial charge in [0, 0.05) is 31.7 Å². The highest BCUT2D eigenvalue weighted by molar-refractivity contribution is 5.72. The average molecular weight is 483 g/mol. The predicted molar refractivity (Wildman–Crippen MR) is 128 cm³/mol. The molecule has 5 rings (SSSR count). The van der Waals surface area contributed by atoms with E-state index in [9.17, 15) is 14.3 Å². The first-order chi connectivity index (χ1) is 16.6. The van der Waals surface area contributed by atoms with Gasteiger partial charge >= 0.3 is 0 Å². The Labute approximate surface area is 201 Å². The van der Waals surface area contributed by atoms with Gasteiger partial charge in [-0.2, -0.15) is 4.39 Å². The zero-order chi connectivity index (χ0) is 24.9. The molecule has 184 valence electrons. The Kier molecular flexibility index (Phi) is 5.79. The molecule has 0 unspecified atom stereocenters. The first-order valence-electron chi connectivity index (χ1n) is 11.7. The minimum Gasteiger partial charge on any atom is -0.507 e. The van der Waals surface area contributed by atoms with Crippen LogP contribution in [0.1, 0.15) is 32.6 Å². The first kappa shape index (κ1) is 23.3. The lowest BCUT2D eigenvalue weighted by Gasteiger charge is -2.51. The van der Waals surface area contributed by atoms with Crippen LogP contribution >= 0.6 is 0 Å². The Hall–Kier alpha value is -3.40. The summed E-state index contributed by atoms with van der Waals surface area (Å²) in [4.78, 5) is 18.1. The number of nitrogens with zero attached hydrogens (tertiary/aromatic N) is 5. The fourth-order valence-corrected chi connectivity index (χ4v) is 5.29. The van der Waals surface area contributed by atoms with Crippen molar-refractivity contribution >= 4 is 5.82 Å². The molecule has 2 fully saturated rings. The second kappa shape index (κ2) is 8.67. The van der Waals surface area contributed by atoms with Gasteiger partial charge in [0.1, 0.15) is 11.9 Å². The molecule has 0 amide bonds. The number of fused-ring (bicyclic) bond motifs is 2. The van der Waals surface area contributed by atoms with Gasteiger partial charge in [-0.3, -0.25) is 9.36 Å². The summed E-state index contributed by atoms with van der Waals surface area (Å²) in [6.07, 6.45) is 4.03. The molecule has 2 aliphatic heterocycles. The van der Waals surface area contributed by atoms with Crippen LogP contribution in [-0.2, 0) is 7.05 Å². The maximum atomic E-state index is 15.2. The minimum absolute atomic E-state index is 0.0926. The number of phenols is 1. The van der Waals surface area contributed by atoms with Crippen LogP contribution < -0.4 is 15.8 Å². The SMILES string of the molecule is CN(c1cnc(-c2ccc(-c3cc(F)n(C)c(=O)c3)cc2O)nn1)[C@@H]1C[C@@]2(C)CCC[C@@H](N2)[C@@H]1F. The summed E-state index contributed by atoms with van der Waals surface area (Å²) in [5.41, 5.74) is 0.588. The van der Waals surface area contributed by atoms with E-state index in [1.54, 1.807) is 17.0 Å². The highest BCUT2D eigenvalue weighted by atomic mass is 19.1. The summed E-state index contributed by atoms with van der Waals surface area (Å²) < 4.78 is 30.1. The van der Waals surface area contributed by atoms with Crippen LogP contribution in [0.3, 0.4) is 0 Å². The lowest BCUT2D eigenvalue weighted by Crippen LogP contribution is -2.66. The van der Waals surface area contributed by atoms with E-state index >= 15 is 4.39 Å². The van der Waals surface area contributed by atoms with Gasteiger partial charge in [0.15, 0.2) is 17.6 Å². The van der Waals surface area contributed by atoms with Crippen LogP contribution in [0.5, 0.6) is 5.75 Å². The van der Waals surface area contributed by atoms with E-state index in [1.807, 2.05) is 7.05 Å². The van der Waals surface area contributed by atoms with Crippen molar-refractivity contribution in [1.82, 2.24) is 25.1 Å². The van der Waals surface area contributed by atoms with Crippen LogP contribution in [0, 0.1) is 5.95 Å². The Bertz CT molecular complexity index is 1310. The van der Waals surface area contributed by atoms with Crippen LogP contribution in [0.2, 0.25) is 0 Å². The Morgan fingerprint density at radius 3 is 2.71 bits per heavy atom. The number of rotatable bonds is 4. The molecule has 2 N–H and O–H groups in total. The normalized spacial score (nSPS) is 25.9. The standard InChI is InChI=1S/C25H28F2N6O2/c1-25-8-4-5-17(29-25)23(27)18(12-25)32(2)21-13-28-24(31-30-21)16-7-6-14(9-19(16)34)15-10-20(26)33(3)22(35)11-15/h6-7,9-11,13,17-18,23,29,34H,4-5,8,12H2,1-3H3/t17-,18-,23+,25-/m1/s1. The van der Waals surface area contributed by atoms with Crippen molar-refractivity contribution in [3.8, 4) is 28.3 Å². The summed E-state index contributed by atoms with van der Waals surface area (Å²) in [6.45, 7) is 2.15. The van der Waals surface area contributed by atoms with E-state index < -0.39 is 17.7 Å². The second-order valence-corrected chi connectivity index (χ2v) is 9.87. The molecule has 4 heterocycles. The zero-order valence-electron chi connectivity index (χ0n) is 19.9. The number of piperidine rings is 2. The molecule has 2 bridgehead atoms. The number of anilines is 1. The maximum Gasteiger partial charge on any atom is 0.253 e.